The molecule has 1 atom stereocenters. The molecule has 7 nitrogen and oxygen atoms in total. The standard InChI is InChI=1S/C22H22FN5O2S/c1-14(20(29)25-26-21(30)17-9-11-18(23)12-10-17)31-22-27-24-19(16-7-8-16)28(22)13-15-5-3-2-4-6-15/h2-6,9-12,14,16H,7-8,13H2,1H3,(H,25,29)(H,26,30). The van der Waals surface area contributed by atoms with Gasteiger partial charge in [0.05, 0.1) is 11.8 Å². The van der Waals surface area contributed by atoms with Crippen molar-refractivity contribution in [2.24, 2.45) is 0 Å². The minimum absolute atomic E-state index is 0.249. The van der Waals surface area contributed by atoms with Gasteiger partial charge in [0.25, 0.3) is 11.8 Å². The van der Waals surface area contributed by atoms with Gasteiger partial charge in [0, 0.05) is 11.5 Å². The van der Waals surface area contributed by atoms with Crippen molar-refractivity contribution in [3.8, 4) is 0 Å². The summed E-state index contributed by atoms with van der Waals surface area (Å²) in [6.45, 7) is 2.38. The van der Waals surface area contributed by atoms with Crippen molar-refractivity contribution < 1.29 is 14.0 Å². The Labute approximate surface area is 183 Å². The first-order chi connectivity index (χ1) is 15.0. The molecule has 1 unspecified atom stereocenters. The summed E-state index contributed by atoms with van der Waals surface area (Å²) in [7, 11) is 0. The van der Waals surface area contributed by atoms with Crippen LogP contribution in [-0.2, 0) is 11.3 Å². The van der Waals surface area contributed by atoms with Crippen molar-refractivity contribution in [3.63, 3.8) is 0 Å². The van der Waals surface area contributed by atoms with Crippen molar-refractivity contribution >= 4 is 23.6 Å². The summed E-state index contributed by atoms with van der Waals surface area (Å²) in [5, 5.41) is 8.84. The van der Waals surface area contributed by atoms with Crippen LogP contribution in [0.15, 0.2) is 59.8 Å². The molecule has 1 fully saturated rings. The molecule has 0 spiro atoms. The van der Waals surface area contributed by atoms with Crippen molar-refractivity contribution in [2.45, 2.75) is 42.6 Å². The van der Waals surface area contributed by atoms with E-state index >= 15 is 0 Å². The fourth-order valence-electron chi connectivity index (χ4n) is 3.05. The lowest BCUT2D eigenvalue weighted by Gasteiger charge is -2.14. The molecule has 2 N–H and O–H groups in total. The molecule has 1 aromatic heterocycles. The third-order valence-corrected chi connectivity index (χ3v) is 6.01. The first kappa shape index (κ1) is 21.0. The number of benzene rings is 2. The van der Waals surface area contributed by atoms with E-state index in [0.29, 0.717) is 17.6 Å². The highest BCUT2D eigenvalue weighted by molar-refractivity contribution is 8.00. The Morgan fingerprint density at radius 2 is 1.81 bits per heavy atom. The number of thioether (sulfide) groups is 1. The number of hydrogen-bond donors (Lipinski definition) is 2. The van der Waals surface area contributed by atoms with E-state index in [4.69, 9.17) is 0 Å². The van der Waals surface area contributed by atoms with Crippen LogP contribution in [0.2, 0.25) is 0 Å². The van der Waals surface area contributed by atoms with E-state index in [1.165, 1.54) is 36.0 Å². The van der Waals surface area contributed by atoms with Crippen molar-refractivity contribution in [2.75, 3.05) is 0 Å². The molecule has 0 aliphatic heterocycles. The Hall–Kier alpha value is -3.20. The van der Waals surface area contributed by atoms with E-state index in [-0.39, 0.29) is 11.5 Å². The molecule has 2 amide bonds. The van der Waals surface area contributed by atoms with E-state index in [1.807, 2.05) is 30.3 Å². The average molecular weight is 440 g/mol. The highest BCUT2D eigenvalue weighted by Gasteiger charge is 2.31. The number of aromatic nitrogens is 3. The van der Waals surface area contributed by atoms with Gasteiger partial charge in [0.1, 0.15) is 11.6 Å². The normalized spacial score (nSPS) is 14.1. The highest BCUT2D eigenvalue weighted by atomic mass is 32.2. The van der Waals surface area contributed by atoms with Crippen molar-refractivity contribution in [1.29, 1.82) is 0 Å². The summed E-state index contributed by atoms with van der Waals surface area (Å²) in [5.41, 5.74) is 6.15. The molecule has 160 valence electrons. The zero-order chi connectivity index (χ0) is 21.8. The summed E-state index contributed by atoms with van der Waals surface area (Å²) < 4.78 is 15.1. The van der Waals surface area contributed by atoms with Gasteiger partial charge in [-0.3, -0.25) is 20.4 Å². The SMILES string of the molecule is CC(Sc1nnc(C2CC2)n1Cc1ccccc1)C(=O)NNC(=O)c1ccc(F)cc1. The number of halogens is 1. The Bertz CT molecular complexity index is 1070. The molecule has 0 bridgehead atoms. The Kier molecular flexibility index (Phi) is 6.31. The van der Waals surface area contributed by atoms with E-state index in [9.17, 15) is 14.0 Å². The second kappa shape index (κ2) is 9.30. The predicted octanol–water partition coefficient (Wildman–Crippen LogP) is 3.28. The summed E-state index contributed by atoms with van der Waals surface area (Å²) in [6, 6.07) is 15.1. The highest BCUT2D eigenvalue weighted by Crippen LogP contribution is 2.40. The van der Waals surface area contributed by atoms with Gasteiger partial charge >= 0.3 is 0 Å². The lowest BCUT2D eigenvalue weighted by atomic mass is 10.2. The number of carbonyl (C=O) groups is 2. The summed E-state index contributed by atoms with van der Waals surface area (Å²) in [5.74, 6) is 0.0422. The Morgan fingerprint density at radius 1 is 1.10 bits per heavy atom. The molecule has 1 aliphatic carbocycles. The lowest BCUT2D eigenvalue weighted by Crippen LogP contribution is -2.45. The molecule has 4 rings (SSSR count). The number of carbonyl (C=O) groups excluding carboxylic acids is 2. The first-order valence-electron chi connectivity index (χ1n) is 10.0. The van der Waals surface area contributed by atoms with E-state index in [2.05, 4.69) is 25.6 Å². The van der Waals surface area contributed by atoms with Crippen LogP contribution in [-0.4, -0.2) is 31.8 Å². The number of nitrogens with zero attached hydrogens (tertiary/aromatic N) is 3. The fourth-order valence-corrected chi connectivity index (χ4v) is 3.91. The van der Waals surface area contributed by atoms with Crippen LogP contribution in [0.4, 0.5) is 4.39 Å². The van der Waals surface area contributed by atoms with Crippen LogP contribution in [0.25, 0.3) is 0 Å². The predicted molar refractivity (Wildman–Crippen MR) is 115 cm³/mol. The minimum Gasteiger partial charge on any atom is -0.301 e. The molecule has 1 aliphatic rings. The van der Waals surface area contributed by atoms with Crippen LogP contribution in [0.1, 0.15) is 47.4 Å². The van der Waals surface area contributed by atoms with Gasteiger partial charge in [0.2, 0.25) is 0 Å². The molecular weight excluding hydrogens is 417 g/mol. The van der Waals surface area contributed by atoms with Gasteiger partial charge in [-0.25, -0.2) is 4.39 Å². The van der Waals surface area contributed by atoms with E-state index in [0.717, 1.165) is 24.2 Å². The van der Waals surface area contributed by atoms with Crippen LogP contribution in [0.5, 0.6) is 0 Å². The summed E-state index contributed by atoms with van der Waals surface area (Å²) in [6.07, 6.45) is 2.20. The topological polar surface area (TPSA) is 88.9 Å². The molecule has 9 heteroatoms. The molecule has 1 heterocycles. The maximum atomic E-state index is 13.0. The molecule has 31 heavy (non-hydrogen) atoms. The van der Waals surface area contributed by atoms with E-state index < -0.39 is 17.0 Å². The third-order valence-electron chi connectivity index (χ3n) is 4.93. The first-order valence-corrected chi connectivity index (χ1v) is 10.9. The Morgan fingerprint density at radius 3 is 2.48 bits per heavy atom. The number of hydrazine groups is 1. The molecule has 0 radical (unpaired) electrons. The zero-order valence-corrected chi connectivity index (χ0v) is 17.7. The molecule has 3 aromatic rings. The van der Waals surface area contributed by atoms with Crippen LogP contribution < -0.4 is 10.9 Å². The van der Waals surface area contributed by atoms with Crippen molar-refractivity contribution in [3.05, 3.63) is 77.4 Å². The van der Waals surface area contributed by atoms with Gasteiger partial charge in [-0.05, 0) is 49.6 Å². The quantitative estimate of drug-likeness (QED) is 0.436. The van der Waals surface area contributed by atoms with Gasteiger partial charge in [0.15, 0.2) is 5.16 Å². The minimum atomic E-state index is -0.520. The van der Waals surface area contributed by atoms with Crippen LogP contribution in [0, 0.1) is 5.82 Å². The lowest BCUT2D eigenvalue weighted by molar-refractivity contribution is -0.121. The number of hydrogen-bond acceptors (Lipinski definition) is 5. The third kappa shape index (κ3) is 5.29. The largest absolute Gasteiger partial charge is 0.301 e. The number of amides is 2. The maximum absolute atomic E-state index is 13.0. The van der Waals surface area contributed by atoms with Gasteiger partial charge < -0.3 is 4.57 Å². The number of rotatable bonds is 7. The summed E-state index contributed by atoms with van der Waals surface area (Å²) in [4.78, 5) is 24.6. The second-order valence-corrected chi connectivity index (χ2v) is 8.71. The van der Waals surface area contributed by atoms with Gasteiger partial charge in [-0.2, -0.15) is 0 Å². The van der Waals surface area contributed by atoms with E-state index in [1.54, 1.807) is 6.92 Å². The fraction of sp³-hybridized carbons (Fsp3) is 0.273. The average Bonchev–Trinajstić information content (AvgIpc) is 3.55. The summed E-state index contributed by atoms with van der Waals surface area (Å²) >= 11 is 1.29. The molecule has 1 saturated carbocycles. The van der Waals surface area contributed by atoms with Crippen LogP contribution >= 0.6 is 11.8 Å². The smallest absolute Gasteiger partial charge is 0.269 e. The van der Waals surface area contributed by atoms with Gasteiger partial charge in [-0.1, -0.05) is 42.1 Å². The second-order valence-electron chi connectivity index (χ2n) is 7.40. The molecular formula is C22H22FN5O2S. The molecule has 0 saturated heterocycles. The van der Waals surface area contributed by atoms with Gasteiger partial charge in [-0.15, -0.1) is 10.2 Å². The molecule has 2 aromatic carbocycles. The maximum Gasteiger partial charge on any atom is 0.269 e. The Balaban J connectivity index is 1.39. The monoisotopic (exact) mass is 439 g/mol. The van der Waals surface area contributed by atoms with Crippen LogP contribution in [0.3, 0.4) is 0 Å². The number of nitrogens with one attached hydrogen (secondary N) is 2. The van der Waals surface area contributed by atoms with Crippen molar-refractivity contribution in [1.82, 2.24) is 25.6 Å². The zero-order valence-electron chi connectivity index (χ0n) is 16.9.